The minimum absolute atomic E-state index is 0.482. The minimum atomic E-state index is -2.35. The molecule has 0 bridgehead atoms. The molecule has 0 fully saturated rings. The van der Waals surface area contributed by atoms with Gasteiger partial charge in [0.05, 0.1) is 7.05 Å². The van der Waals surface area contributed by atoms with E-state index in [9.17, 15) is 8.78 Å². The van der Waals surface area contributed by atoms with Gasteiger partial charge in [0, 0.05) is 0 Å². The van der Waals surface area contributed by atoms with Crippen molar-refractivity contribution in [3.05, 3.63) is 18.7 Å². The number of aryl methyl sites for hydroxylation is 1. The second kappa shape index (κ2) is 3.01. The molecule has 0 radical (unpaired) electrons. The fourth-order valence-electron chi connectivity index (χ4n) is 0.582. The highest BCUT2D eigenvalue weighted by Gasteiger charge is 2.09. The van der Waals surface area contributed by atoms with Gasteiger partial charge in [-0.3, -0.25) is 0 Å². The first kappa shape index (κ1) is 7.53. The van der Waals surface area contributed by atoms with E-state index >= 15 is 0 Å². The molecule has 5 heteroatoms. The van der Waals surface area contributed by atoms with Gasteiger partial charge in [-0.25, -0.2) is 4.57 Å². The van der Waals surface area contributed by atoms with E-state index in [0.717, 1.165) is 0 Å². The molecule has 1 rings (SSSR count). The lowest BCUT2D eigenvalue weighted by molar-refractivity contribution is -0.670. The van der Waals surface area contributed by atoms with Gasteiger partial charge >= 0.3 is 5.76 Å². The van der Waals surface area contributed by atoms with Gasteiger partial charge in [-0.2, -0.15) is 12.8 Å². The van der Waals surface area contributed by atoms with Crippen LogP contribution < -0.4 is 4.57 Å². The van der Waals surface area contributed by atoms with Crippen LogP contribution in [0.4, 0.5) is 8.78 Å². The molecule has 0 aromatic carbocycles. The summed E-state index contributed by atoms with van der Waals surface area (Å²) >= 11 is 0.482. The maximum atomic E-state index is 11.7. The fourth-order valence-corrected chi connectivity index (χ4v) is 1.09. The molecule has 1 heterocycles. The van der Waals surface area contributed by atoms with Crippen LogP contribution in [0.1, 0.15) is 0 Å². The number of imidazole rings is 1. The monoisotopic (exact) mass is 165 g/mol. The van der Waals surface area contributed by atoms with E-state index in [1.807, 2.05) is 0 Å². The standard InChI is InChI=1S/C5H7F2N2S/c1-8-2-3-9(4-8)10-5(6)7/h2-5H,1H3/q+1. The van der Waals surface area contributed by atoms with Crippen molar-refractivity contribution < 1.29 is 13.3 Å². The molecule has 10 heavy (non-hydrogen) atoms. The summed E-state index contributed by atoms with van der Waals surface area (Å²) in [6.07, 6.45) is 4.86. The molecule has 0 aliphatic carbocycles. The van der Waals surface area contributed by atoms with Crippen LogP contribution in [-0.2, 0) is 7.05 Å². The zero-order valence-electron chi connectivity index (χ0n) is 5.37. The first-order valence-electron chi connectivity index (χ1n) is 2.67. The molecular formula is C5H7F2N2S+. The number of alkyl halides is 2. The van der Waals surface area contributed by atoms with Crippen molar-refractivity contribution in [3.8, 4) is 0 Å². The van der Waals surface area contributed by atoms with Crippen LogP contribution in [-0.4, -0.2) is 9.73 Å². The highest BCUT2D eigenvalue weighted by atomic mass is 32.2. The zero-order chi connectivity index (χ0) is 7.56. The summed E-state index contributed by atoms with van der Waals surface area (Å²) in [5.41, 5.74) is 0. The molecular weight excluding hydrogens is 158 g/mol. The summed E-state index contributed by atoms with van der Waals surface area (Å²) in [6.45, 7) is 0. The minimum Gasteiger partial charge on any atom is -0.239 e. The van der Waals surface area contributed by atoms with E-state index in [1.165, 1.54) is 3.97 Å². The summed E-state index contributed by atoms with van der Waals surface area (Å²) in [5, 5.41) is 0. The second-order valence-electron chi connectivity index (χ2n) is 1.81. The lowest BCUT2D eigenvalue weighted by Crippen LogP contribution is -2.23. The van der Waals surface area contributed by atoms with Crippen molar-refractivity contribution in [2.24, 2.45) is 7.05 Å². The number of hydrogen-bond acceptors (Lipinski definition) is 1. The maximum absolute atomic E-state index is 11.7. The third-order valence-corrected chi connectivity index (χ3v) is 1.56. The number of nitrogens with zero attached hydrogens (tertiary/aromatic N) is 2. The predicted molar refractivity (Wildman–Crippen MR) is 34.6 cm³/mol. The van der Waals surface area contributed by atoms with Crippen LogP contribution in [0.5, 0.6) is 0 Å². The summed E-state index contributed by atoms with van der Waals surface area (Å²) in [7, 11) is 1.78. The van der Waals surface area contributed by atoms with Crippen molar-refractivity contribution >= 4 is 11.9 Å². The van der Waals surface area contributed by atoms with Gasteiger partial charge in [-0.15, -0.1) is 0 Å². The Hall–Kier alpha value is -0.580. The van der Waals surface area contributed by atoms with Crippen LogP contribution in [0.25, 0.3) is 0 Å². The van der Waals surface area contributed by atoms with Gasteiger partial charge < -0.3 is 0 Å². The molecule has 0 aliphatic heterocycles. The van der Waals surface area contributed by atoms with Crippen LogP contribution in [0, 0.1) is 0 Å². The predicted octanol–water partition coefficient (Wildman–Crippen LogP) is 1.03. The topological polar surface area (TPSA) is 8.81 Å². The average molecular weight is 165 g/mol. The molecule has 1 aromatic heterocycles. The average Bonchev–Trinajstić information content (AvgIpc) is 2.13. The van der Waals surface area contributed by atoms with Crippen molar-refractivity contribution in [1.29, 1.82) is 0 Å². The molecule has 56 valence electrons. The highest BCUT2D eigenvalue weighted by molar-refractivity contribution is 7.98. The largest absolute Gasteiger partial charge is 0.323 e. The highest BCUT2D eigenvalue weighted by Crippen LogP contribution is 2.14. The van der Waals surface area contributed by atoms with Crippen molar-refractivity contribution in [3.63, 3.8) is 0 Å². The van der Waals surface area contributed by atoms with Crippen molar-refractivity contribution in [2.75, 3.05) is 0 Å². The molecule has 0 saturated carbocycles. The Labute approximate surface area is 61.6 Å². The van der Waals surface area contributed by atoms with Gasteiger partial charge in [-0.05, 0) is 0 Å². The molecule has 0 atom stereocenters. The third-order valence-electron chi connectivity index (χ3n) is 0.946. The van der Waals surface area contributed by atoms with Crippen LogP contribution in [0.3, 0.4) is 0 Å². The second-order valence-corrected chi connectivity index (χ2v) is 2.79. The van der Waals surface area contributed by atoms with E-state index in [2.05, 4.69) is 0 Å². The van der Waals surface area contributed by atoms with E-state index in [-0.39, 0.29) is 0 Å². The molecule has 0 saturated heterocycles. The Morgan fingerprint density at radius 1 is 1.60 bits per heavy atom. The molecule has 1 aromatic rings. The fraction of sp³-hybridized carbons (Fsp3) is 0.400. The lowest BCUT2D eigenvalue weighted by Gasteiger charge is -1.88. The normalized spacial score (nSPS) is 10.8. The van der Waals surface area contributed by atoms with E-state index in [0.29, 0.717) is 11.9 Å². The zero-order valence-corrected chi connectivity index (χ0v) is 6.18. The van der Waals surface area contributed by atoms with Crippen molar-refractivity contribution in [2.45, 2.75) is 5.76 Å². The van der Waals surface area contributed by atoms with Gasteiger partial charge in [0.15, 0.2) is 0 Å². The number of halogens is 2. The molecule has 2 nitrogen and oxygen atoms in total. The third kappa shape index (κ3) is 1.98. The van der Waals surface area contributed by atoms with Gasteiger partial charge in [0.1, 0.15) is 24.3 Å². The summed E-state index contributed by atoms with van der Waals surface area (Å²) < 4.78 is 26.4. The number of rotatable bonds is 2. The molecule has 0 unspecified atom stereocenters. The van der Waals surface area contributed by atoms with E-state index < -0.39 is 5.76 Å². The summed E-state index contributed by atoms with van der Waals surface area (Å²) in [6, 6.07) is 0. The molecule has 0 aliphatic rings. The quantitative estimate of drug-likeness (QED) is 0.594. The smallest absolute Gasteiger partial charge is 0.239 e. The number of aromatic nitrogens is 2. The SMILES string of the molecule is C[n+]1ccn(SC(F)F)c1. The van der Waals surface area contributed by atoms with Crippen LogP contribution in [0.15, 0.2) is 18.7 Å². The van der Waals surface area contributed by atoms with E-state index in [4.69, 9.17) is 0 Å². The maximum Gasteiger partial charge on any atom is 0.323 e. The Morgan fingerprint density at radius 2 is 2.30 bits per heavy atom. The Bertz CT molecular complexity index is 211. The first-order chi connectivity index (χ1) is 4.68. The summed E-state index contributed by atoms with van der Waals surface area (Å²) in [4.78, 5) is 0. The van der Waals surface area contributed by atoms with Gasteiger partial charge in [0.25, 0.3) is 6.33 Å². The molecule has 0 amide bonds. The molecule has 0 spiro atoms. The Morgan fingerprint density at radius 3 is 2.70 bits per heavy atom. The molecule has 0 N–H and O–H groups in total. The van der Waals surface area contributed by atoms with Gasteiger partial charge in [-0.1, -0.05) is 0 Å². The summed E-state index contributed by atoms with van der Waals surface area (Å²) in [5.74, 6) is -2.35. The van der Waals surface area contributed by atoms with Crippen molar-refractivity contribution in [1.82, 2.24) is 3.97 Å². The van der Waals surface area contributed by atoms with E-state index in [1.54, 1.807) is 30.3 Å². The van der Waals surface area contributed by atoms with Crippen LogP contribution >= 0.6 is 11.9 Å². The first-order valence-corrected chi connectivity index (χ1v) is 3.50. The number of hydrogen-bond donors (Lipinski definition) is 0. The van der Waals surface area contributed by atoms with Gasteiger partial charge in [0.2, 0.25) is 0 Å². The van der Waals surface area contributed by atoms with Crippen LogP contribution in [0.2, 0.25) is 0 Å². The lowest BCUT2D eigenvalue weighted by atomic mass is 10.9. The Kier molecular flexibility index (Phi) is 2.26. The Balaban J connectivity index is 2.58.